The van der Waals surface area contributed by atoms with Gasteiger partial charge in [-0.1, -0.05) is 13.8 Å². The third kappa shape index (κ3) is 2.52. The second kappa shape index (κ2) is 5.37. The highest BCUT2D eigenvalue weighted by Crippen LogP contribution is 2.43. The van der Waals surface area contributed by atoms with E-state index in [9.17, 15) is 0 Å². The van der Waals surface area contributed by atoms with E-state index in [0.717, 1.165) is 11.6 Å². The zero-order valence-corrected chi connectivity index (χ0v) is 11.2. The summed E-state index contributed by atoms with van der Waals surface area (Å²) >= 11 is 3.97. The molecule has 0 radical (unpaired) electrons. The van der Waals surface area contributed by atoms with Gasteiger partial charge in [0, 0.05) is 22.8 Å². The van der Waals surface area contributed by atoms with Crippen molar-refractivity contribution in [3.05, 3.63) is 5.82 Å². The van der Waals surface area contributed by atoms with Crippen molar-refractivity contribution < 1.29 is 0 Å². The highest BCUT2D eigenvalue weighted by atomic mass is 32.2. The molecule has 1 aromatic heterocycles. The highest BCUT2D eigenvalue weighted by Gasteiger charge is 2.30. The van der Waals surface area contributed by atoms with Crippen molar-refractivity contribution in [2.75, 3.05) is 12.3 Å². The Kier molecular flexibility index (Phi) is 4.10. The van der Waals surface area contributed by atoms with Crippen LogP contribution in [0.3, 0.4) is 0 Å². The number of rotatable bonds is 3. The standard InChI is InChI=1S/C9H17N5S2/c1-6-7(2)16-8(5-15-6)9-11-12-13-14(9)4-3-10/h6-8H,3-5,10H2,1-2H3. The molecule has 0 aromatic carbocycles. The van der Waals surface area contributed by atoms with Crippen molar-refractivity contribution in [2.24, 2.45) is 5.73 Å². The first-order chi connectivity index (χ1) is 7.72. The summed E-state index contributed by atoms with van der Waals surface area (Å²) in [7, 11) is 0. The Bertz CT molecular complexity index is 342. The van der Waals surface area contributed by atoms with Gasteiger partial charge in [-0.2, -0.15) is 11.8 Å². The molecule has 90 valence electrons. The molecule has 1 fully saturated rings. The van der Waals surface area contributed by atoms with Crippen LogP contribution >= 0.6 is 23.5 Å². The molecule has 2 heterocycles. The number of nitrogens with two attached hydrogens (primary N) is 1. The molecule has 5 nitrogen and oxygen atoms in total. The molecule has 1 aromatic rings. The summed E-state index contributed by atoms with van der Waals surface area (Å²) in [5.74, 6) is 2.06. The molecule has 3 atom stereocenters. The van der Waals surface area contributed by atoms with Crippen molar-refractivity contribution >= 4 is 23.5 Å². The first-order valence-electron chi connectivity index (χ1n) is 5.45. The number of thioether (sulfide) groups is 2. The molecule has 0 spiro atoms. The average Bonchev–Trinajstić information content (AvgIpc) is 2.71. The van der Waals surface area contributed by atoms with Gasteiger partial charge in [0.25, 0.3) is 0 Å². The Morgan fingerprint density at radius 2 is 2.25 bits per heavy atom. The van der Waals surface area contributed by atoms with Gasteiger partial charge in [-0.3, -0.25) is 0 Å². The van der Waals surface area contributed by atoms with Crippen LogP contribution in [0.15, 0.2) is 0 Å². The molecule has 16 heavy (non-hydrogen) atoms. The molecule has 0 bridgehead atoms. The summed E-state index contributed by atoms with van der Waals surface area (Å²) in [4.78, 5) is 0. The first-order valence-corrected chi connectivity index (χ1v) is 7.44. The van der Waals surface area contributed by atoms with Crippen molar-refractivity contribution in [3.63, 3.8) is 0 Å². The third-order valence-electron chi connectivity index (χ3n) is 2.74. The van der Waals surface area contributed by atoms with Crippen LogP contribution in [-0.4, -0.2) is 43.0 Å². The van der Waals surface area contributed by atoms with E-state index in [1.54, 1.807) is 0 Å². The van der Waals surface area contributed by atoms with Crippen LogP contribution in [0, 0.1) is 0 Å². The molecule has 0 amide bonds. The fraction of sp³-hybridized carbons (Fsp3) is 0.889. The van der Waals surface area contributed by atoms with Gasteiger partial charge < -0.3 is 5.73 Å². The summed E-state index contributed by atoms with van der Waals surface area (Å²) in [6.45, 7) is 5.83. The second-order valence-electron chi connectivity index (χ2n) is 3.92. The van der Waals surface area contributed by atoms with E-state index in [1.165, 1.54) is 0 Å². The van der Waals surface area contributed by atoms with E-state index in [0.29, 0.717) is 28.8 Å². The number of hydrogen-bond donors (Lipinski definition) is 1. The number of aromatic nitrogens is 4. The molecule has 3 unspecified atom stereocenters. The monoisotopic (exact) mass is 259 g/mol. The van der Waals surface area contributed by atoms with E-state index in [4.69, 9.17) is 5.73 Å². The average molecular weight is 259 g/mol. The number of hydrogen-bond acceptors (Lipinski definition) is 6. The maximum Gasteiger partial charge on any atom is 0.165 e. The van der Waals surface area contributed by atoms with Crippen LogP contribution < -0.4 is 5.73 Å². The normalized spacial score (nSPS) is 30.6. The van der Waals surface area contributed by atoms with Gasteiger partial charge in [0.2, 0.25) is 0 Å². The summed E-state index contributed by atoms with van der Waals surface area (Å²) in [6.07, 6.45) is 0. The fourth-order valence-electron chi connectivity index (χ4n) is 1.64. The smallest absolute Gasteiger partial charge is 0.165 e. The zero-order chi connectivity index (χ0) is 11.5. The molecule has 1 saturated heterocycles. The highest BCUT2D eigenvalue weighted by molar-refractivity contribution is 8.07. The SMILES string of the molecule is CC1SCC(c2nnnn2CCN)SC1C. The van der Waals surface area contributed by atoms with Crippen LogP contribution in [0.5, 0.6) is 0 Å². The second-order valence-corrected chi connectivity index (χ2v) is 6.91. The zero-order valence-electron chi connectivity index (χ0n) is 9.54. The molecular weight excluding hydrogens is 242 g/mol. The lowest BCUT2D eigenvalue weighted by atomic mass is 10.3. The Labute approximate surface area is 104 Å². The predicted molar refractivity (Wildman–Crippen MR) is 68.6 cm³/mol. The topological polar surface area (TPSA) is 69.6 Å². The van der Waals surface area contributed by atoms with E-state index in [1.807, 2.05) is 28.2 Å². The maximum atomic E-state index is 5.54. The Morgan fingerprint density at radius 3 is 2.94 bits per heavy atom. The predicted octanol–water partition coefficient (Wildman–Crippen LogP) is 0.930. The van der Waals surface area contributed by atoms with E-state index in [-0.39, 0.29) is 0 Å². The fourth-order valence-corrected chi connectivity index (χ4v) is 4.55. The molecule has 1 aliphatic heterocycles. The quantitative estimate of drug-likeness (QED) is 0.871. The van der Waals surface area contributed by atoms with Crippen LogP contribution in [0.1, 0.15) is 24.9 Å². The van der Waals surface area contributed by atoms with Gasteiger partial charge >= 0.3 is 0 Å². The first kappa shape index (κ1) is 12.2. The van der Waals surface area contributed by atoms with Gasteiger partial charge in [-0.15, -0.1) is 16.9 Å². The van der Waals surface area contributed by atoms with Crippen molar-refractivity contribution in [1.82, 2.24) is 20.2 Å². The van der Waals surface area contributed by atoms with Crippen molar-refractivity contribution in [1.29, 1.82) is 0 Å². The minimum absolute atomic E-state index is 0.401. The van der Waals surface area contributed by atoms with Gasteiger partial charge in [0.1, 0.15) is 0 Å². The van der Waals surface area contributed by atoms with Crippen molar-refractivity contribution in [3.8, 4) is 0 Å². The van der Waals surface area contributed by atoms with E-state index < -0.39 is 0 Å². The Hall–Kier alpha value is -0.270. The van der Waals surface area contributed by atoms with Crippen LogP contribution in [-0.2, 0) is 6.54 Å². The lowest BCUT2D eigenvalue weighted by molar-refractivity contribution is 0.573. The lowest BCUT2D eigenvalue weighted by Crippen LogP contribution is -2.24. The summed E-state index contributed by atoms with van der Waals surface area (Å²) in [5.41, 5.74) is 5.54. The van der Waals surface area contributed by atoms with Crippen LogP contribution in [0.2, 0.25) is 0 Å². The summed E-state index contributed by atoms with van der Waals surface area (Å²) in [6, 6.07) is 0. The molecule has 2 rings (SSSR count). The van der Waals surface area contributed by atoms with E-state index >= 15 is 0 Å². The van der Waals surface area contributed by atoms with Gasteiger partial charge in [0.15, 0.2) is 5.82 Å². The molecule has 0 saturated carbocycles. The molecule has 0 aliphatic carbocycles. The maximum absolute atomic E-state index is 5.54. The Morgan fingerprint density at radius 1 is 1.44 bits per heavy atom. The molecule has 1 aliphatic rings. The van der Waals surface area contributed by atoms with Gasteiger partial charge in [0.05, 0.1) is 11.8 Å². The van der Waals surface area contributed by atoms with Crippen LogP contribution in [0.4, 0.5) is 0 Å². The van der Waals surface area contributed by atoms with Gasteiger partial charge in [-0.05, 0) is 10.4 Å². The lowest BCUT2D eigenvalue weighted by Gasteiger charge is -2.30. The van der Waals surface area contributed by atoms with Crippen LogP contribution in [0.25, 0.3) is 0 Å². The minimum Gasteiger partial charge on any atom is -0.329 e. The number of nitrogens with zero attached hydrogens (tertiary/aromatic N) is 4. The van der Waals surface area contributed by atoms with Gasteiger partial charge in [-0.25, -0.2) is 4.68 Å². The summed E-state index contributed by atoms with van der Waals surface area (Å²) < 4.78 is 1.83. The minimum atomic E-state index is 0.401. The molecule has 2 N–H and O–H groups in total. The molecule has 7 heteroatoms. The largest absolute Gasteiger partial charge is 0.329 e. The Balaban J connectivity index is 2.09. The third-order valence-corrected chi connectivity index (χ3v) is 6.13. The number of tetrazole rings is 1. The summed E-state index contributed by atoms with van der Waals surface area (Å²) in [5, 5.41) is 13.6. The van der Waals surface area contributed by atoms with E-state index in [2.05, 4.69) is 29.4 Å². The van der Waals surface area contributed by atoms with Crippen molar-refractivity contribution in [2.45, 2.75) is 36.1 Å². The molecular formula is C9H17N5S2.